The number of hydrogen-bond acceptors (Lipinski definition) is 4. The summed E-state index contributed by atoms with van der Waals surface area (Å²) in [4.78, 5) is 41.0. The number of nitrogens with zero attached hydrogens (tertiary/aromatic N) is 2. The van der Waals surface area contributed by atoms with E-state index in [2.05, 4.69) is 16.0 Å². The lowest BCUT2D eigenvalue weighted by atomic mass is 9.95. The summed E-state index contributed by atoms with van der Waals surface area (Å²) in [6.45, 7) is 0. The molecule has 2 aromatic heterocycles. The number of benzene rings is 4. The van der Waals surface area contributed by atoms with Gasteiger partial charge in [0.05, 0.1) is 34.1 Å². The summed E-state index contributed by atoms with van der Waals surface area (Å²) < 4.78 is 3.76. The zero-order valence-electron chi connectivity index (χ0n) is 24.1. The lowest BCUT2D eigenvalue weighted by molar-refractivity contribution is -0.126. The molecule has 45 heavy (non-hydrogen) atoms. The molecule has 2 heterocycles. The van der Waals surface area contributed by atoms with Crippen molar-refractivity contribution in [3.05, 3.63) is 157 Å². The molecule has 6 rings (SSSR count). The number of nitrogens with two attached hydrogens (primary N) is 1. The second-order valence-corrected chi connectivity index (χ2v) is 10.3. The summed E-state index contributed by atoms with van der Waals surface area (Å²) in [5.74, 6) is -2.67. The molecule has 5 N–H and O–H groups in total. The maximum atomic E-state index is 14.0. The van der Waals surface area contributed by atoms with Gasteiger partial charge in [0.1, 0.15) is 5.92 Å². The number of aromatic nitrogens is 2. The number of carbonyl (C=O) groups excluding carboxylic acids is 3. The van der Waals surface area contributed by atoms with E-state index in [1.807, 2.05) is 94.6 Å². The van der Waals surface area contributed by atoms with Crippen LogP contribution in [-0.2, 0) is 9.59 Å². The Balaban J connectivity index is 1.31. The molecule has 0 aliphatic carbocycles. The first-order valence-electron chi connectivity index (χ1n) is 14.3. The minimum atomic E-state index is -1.25. The molecule has 0 atom stereocenters. The number of rotatable bonds is 9. The summed E-state index contributed by atoms with van der Waals surface area (Å²) in [6.07, 6.45) is 7.50. The van der Waals surface area contributed by atoms with Crippen molar-refractivity contribution in [3.8, 4) is 11.4 Å². The van der Waals surface area contributed by atoms with Gasteiger partial charge in [0.15, 0.2) is 0 Å². The van der Waals surface area contributed by atoms with Crippen LogP contribution >= 0.6 is 0 Å². The number of carbonyl (C=O) groups is 3. The van der Waals surface area contributed by atoms with Crippen molar-refractivity contribution >= 4 is 40.5 Å². The zero-order valence-corrected chi connectivity index (χ0v) is 24.1. The van der Waals surface area contributed by atoms with Crippen molar-refractivity contribution in [1.29, 1.82) is 0 Å². The van der Waals surface area contributed by atoms with Crippen LogP contribution in [0, 0.1) is 0 Å². The second-order valence-electron chi connectivity index (χ2n) is 10.3. The fraction of sp³-hybridized carbons (Fsp3) is 0.0278. The van der Waals surface area contributed by atoms with Crippen molar-refractivity contribution < 1.29 is 14.4 Å². The molecule has 6 aromatic rings. The predicted octanol–water partition coefficient (Wildman–Crippen LogP) is 6.46. The lowest BCUT2D eigenvalue weighted by Gasteiger charge is -2.20. The van der Waals surface area contributed by atoms with Gasteiger partial charge in [-0.1, -0.05) is 48.5 Å². The van der Waals surface area contributed by atoms with Crippen LogP contribution in [0.4, 0.5) is 22.7 Å². The molecule has 0 aliphatic heterocycles. The van der Waals surface area contributed by atoms with Gasteiger partial charge in [-0.05, 0) is 78.4 Å². The Hall–Kier alpha value is -6.35. The van der Waals surface area contributed by atoms with E-state index in [1.54, 1.807) is 60.7 Å². The molecular weight excluding hydrogens is 564 g/mol. The number of amides is 3. The first-order chi connectivity index (χ1) is 22.0. The molecule has 0 unspecified atom stereocenters. The average molecular weight is 595 g/mol. The van der Waals surface area contributed by atoms with E-state index in [4.69, 9.17) is 5.73 Å². The van der Waals surface area contributed by atoms with Gasteiger partial charge in [-0.25, -0.2) is 0 Å². The normalized spacial score (nSPS) is 10.8. The van der Waals surface area contributed by atoms with Crippen molar-refractivity contribution in [2.75, 3.05) is 21.7 Å². The van der Waals surface area contributed by atoms with Crippen LogP contribution in [0.1, 0.15) is 21.8 Å². The van der Waals surface area contributed by atoms with E-state index in [-0.39, 0.29) is 5.91 Å². The minimum absolute atomic E-state index is 0.345. The monoisotopic (exact) mass is 594 g/mol. The third kappa shape index (κ3) is 6.37. The van der Waals surface area contributed by atoms with E-state index in [0.717, 1.165) is 11.4 Å². The molecule has 9 heteroatoms. The molecule has 4 aromatic carbocycles. The highest BCUT2D eigenvalue weighted by Crippen LogP contribution is 2.27. The highest BCUT2D eigenvalue weighted by molar-refractivity contribution is 6.16. The molecule has 222 valence electrons. The molecule has 3 amide bonds. The predicted molar refractivity (Wildman–Crippen MR) is 177 cm³/mol. The van der Waals surface area contributed by atoms with Gasteiger partial charge in [0.25, 0.3) is 5.91 Å². The highest BCUT2D eigenvalue weighted by atomic mass is 16.2. The fourth-order valence-electron chi connectivity index (χ4n) is 5.06. The van der Waals surface area contributed by atoms with E-state index in [1.165, 1.54) is 0 Å². The third-order valence-corrected chi connectivity index (χ3v) is 7.33. The molecule has 9 nitrogen and oxygen atoms in total. The Morgan fingerprint density at radius 1 is 0.511 bits per heavy atom. The number of nitrogens with one attached hydrogen (secondary N) is 3. The fourth-order valence-corrected chi connectivity index (χ4v) is 5.06. The lowest BCUT2D eigenvalue weighted by Crippen LogP contribution is -2.32. The maximum absolute atomic E-state index is 14.0. The Kier molecular flexibility index (Phi) is 8.23. The van der Waals surface area contributed by atoms with Crippen LogP contribution in [0.5, 0.6) is 0 Å². The van der Waals surface area contributed by atoms with E-state index in [9.17, 15) is 14.4 Å². The van der Waals surface area contributed by atoms with Gasteiger partial charge in [0, 0.05) is 30.4 Å². The van der Waals surface area contributed by atoms with Crippen LogP contribution in [0.25, 0.3) is 11.4 Å². The first-order valence-corrected chi connectivity index (χ1v) is 14.3. The van der Waals surface area contributed by atoms with Gasteiger partial charge in [-0.15, -0.1) is 0 Å². The van der Waals surface area contributed by atoms with Gasteiger partial charge in [-0.3, -0.25) is 14.4 Å². The Morgan fingerprint density at radius 3 is 1.44 bits per heavy atom. The van der Waals surface area contributed by atoms with Crippen LogP contribution in [0.15, 0.2) is 146 Å². The summed E-state index contributed by atoms with van der Waals surface area (Å²) in [5, 5.41) is 8.73. The summed E-state index contributed by atoms with van der Waals surface area (Å²) in [5.41, 5.74) is 10.3. The van der Waals surface area contributed by atoms with E-state index in [0.29, 0.717) is 33.9 Å². The van der Waals surface area contributed by atoms with Crippen molar-refractivity contribution in [2.45, 2.75) is 5.92 Å². The number of hydrogen-bond donors (Lipinski definition) is 4. The van der Waals surface area contributed by atoms with Gasteiger partial charge in [-0.2, -0.15) is 0 Å². The third-order valence-electron chi connectivity index (χ3n) is 7.33. The summed E-state index contributed by atoms with van der Waals surface area (Å²) >= 11 is 0. The standard InChI is InChI=1S/C36H30N6O3/c37-27-11-1-2-12-28(27)38-34(43)26-19-17-25(18-20-26)33(35(44)39-29-13-3-5-15-31(29)41-21-7-8-22-41)36(45)40-30-14-4-6-16-32(30)42-23-9-10-24-42/h1-24,33H,37H2,(H,38,43)(H,39,44)(H,40,45). The smallest absolute Gasteiger partial charge is 0.255 e. The quantitative estimate of drug-likeness (QED) is 0.113. The van der Waals surface area contributed by atoms with E-state index < -0.39 is 17.7 Å². The largest absolute Gasteiger partial charge is 0.397 e. The topological polar surface area (TPSA) is 123 Å². The van der Waals surface area contributed by atoms with Gasteiger partial charge in [0.2, 0.25) is 11.8 Å². The van der Waals surface area contributed by atoms with Gasteiger partial charge < -0.3 is 30.8 Å². The van der Waals surface area contributed by atoms with Crippen LogP contribution in [0.3, 0.4) is 0 Å². The molecular formula is C36H30N6O3. The number of para-hydroxylation sites is 6. The molecule has 0 spiro atoms. The molecule has 0 radical (unpaired) electrons. The summed E-state index contributed by atoms with van der Waals surface area (Å²) in [6, 6.07) is 35.6. The Bertz CT molecular complexity index is 1860. The van der Waals surface area contributed by atoms with Crippen molar-refractivity contribution in [2.24, 2.45) is 0 Å². The van der Waals surface area contributed by atoms with Crippen LogP contribution in [0.2, 0.25) is 0 Å². The first kappa shape index (κ1) is 28.8. The highest BCUT2D eigenvalue weighted by Gasteiger charge is 2.30. The average Bonchev–Trinajstić information content (AvgIpc) is 3.79. The minimum Gasteiger partial charge on any atom is -0.397 e. The second kappa shape index (κ2) is 12.9. The van der Waals surface area contributed by atoms with Gasteiger partial charge >= 0.3 is 0 Å². The molecule has 0 fully saturated rings. The summed E-state index contributed by atoms with van der Waals surface area (Å²) in [7, 11) is 0. The Labute approximate surface area is 259 Å². The molecule has 0 saturated heterocycles. The van der Waals surface area contributed by atoms with Crippen LogP contribution < -0.4 is 21.7 Å². The molecule has 0 aliphatic rings. The van der Waals surface area contributed by atoms with Crippen molar-refractivity contribution in [3.63, 3.8) is 0 Å². The van der Waals surface area contributed by atoms with Crippen molar-refractivity contribution in [1.82, 2.24) is 9.13 Å². The Morgan fingerprint density at radius 2 is 0.956 bits per heavy atom. The number of nitrogen functional groups attached to an aromatic ring is 1. The zero-order chi connectivity index (χ0) is 31.2. The SMILES string of the molecule is Nc1ccccc1NC(=O)c1ccc(C(C(=O)Nc2ccccc2-n2cccc2)C(=O)Nc2ccccc2-n2cccc2)cc1. The molecule has 0 bridgehead atoms. The molecule has 0 saturated carbocycles. The number of anilines is 4. The van der Waals surface area contributed by atoms with Crippen LogP contribution in [-0.4, -0.2) is 26.9 Å². The van der Waals surface area contributed by atoms with E-state index >= 15 is 0 Å². The maximum Gasteiger partial charge on any atom is 0.255 e.